The third kappa shape index (κ3) is 4.03. The summed E-state index contributed by atoms with van der Waals surface area (Å²) in [5.74, 6) is 0. The number of fused-ring (bicyclic) bond motifs is 1. The second-order valence-electron chi connectivity index (χ2n) is 5.10. The van der Waals surface area contributed by atoms with Gasteiger partial charge in [-0.15, -0.1) is 22.0 Å². The first kappa shape index (κ1) is 16.0. The fourth-order valence-corrected chi connectivity index (χ4v) is 2.60. The SMILES string of the molecule is Cl.FN1CCc2ccccc2C(OCc2ccccc2)C1. The molecule has 2 aromatic rings. The van der Waals surface area contributed by atoms with E-state index in [1.54, 1.807) is 0 Å². The van der Waals surface area contributed by atoms with Crippen LogP contribution in [0.4, 0.5) is 4.48 Å². The molecule has 1 aliphatic heterocycles. The second kappa shape index (κ2) is 7.55. The van der Waals surface area contributed by atoms with Gasteiger partial charge in [0.1, 0.15) is 0 Å². The topological polar surface area (TPSA) is 12.5 Å². The molecule has 0 N–H and O–H groups in total. The van der Waals surface area contributed by atoms with Crippen LogP contribution in [-0.2, 0) is 17.8 Å². The summed E-state index contributed by atoms with van der Waals surface area (Å²) in [6, 6.07) is 18.1. The van der Waals surface area contributed by atoms with Crippen LogP contribution in [0.3, 0.4) is 0 Å². The van der Waals surface area contributed by atoms with Gasteiger partial charge < -0.3 is 4.74 Å². The molecule has 2 aromatic carbocycles. The Hall–Kier alpha value is -1.42. The van der Waals surface area contributed by atoms with Gasteiger partial charge >= 0.3 is 0 Å². The largest absolute Gasteiger partial charge is 0.367 e. The minimum atomic E-state index is -0.209. The van der Waals surface area contributed by atoms with Gasteiger partial charge in [-0.2, -0.15) is 0 Å². The molecule has 1 heterocycles. The minimum Gasteiger partial charge on any atom is -0.367 e. The molecule has 1 atom stereocenters. The zero-order valence-electron chi connectivity index (χ0n) is 11.7. The van der Waals surface area contributed by atoms with Gasteiger partial charge in [0.15, 0.2) is 0 Å². The van der Waals surface area contributed by atoms with Crippen LogP contribution >= 0.6 is 12.4 Å². The van der Waals surface area contributed by atoms with E-state index in [9.17, 15) is 4.48 Å². The molecule has 112 valence electrons. The van der Waals surface area contributed by atoms with Gasteiger partial charge in [-0.25, -0.2) is 0 Å². The quantitative estimate of drug-likeness (QED) is 0.791. The number of rotatable bonds is 3. The molecule has 0 saturated heterocycles. The van der Waals surface area contributed by atoms with Crippen molar-refractivity contribution >= 4 is 12.4 Å². The molecular formula is C17H19ClFNO. The highest BCUT2D eigenvalue weighted by Crippen LogP contribution is 2.27. The van der Waals surface area contributed by atoms with E-state index in [0.29, 0.717) is 19.7 Å². The van der Waals surface area contributed by atoms with E-state index in [4.69, 9.17) is 4.74 Å². The van der Waals surface area contributed by atoms with Gasteiger partial charge in [0.05, 0.1) is 19.3 Å². The highest BCUT2D eigenvalue weighted by atomic mass is 35.5. The number of ether oxygens (including phenoxy) is 1. The molecule has 0 aromatic heterocycles. The lowest BCUT2D eigenvalue weighted by Gasteiger charge is -2.20. The minimum absolute atomic E-state index is 0. The standard InChI is InChI=1S/C17H18FNO.ClH/c18-19-11-10-15-8-4-5-9-16(15)17(12-19)20-13-14-6-2-1-3-7-14;/h1-9,17H,10-13H2;1H. The Morgan fingerprint density at radius 2 is 1.76 bits per heavy atom. The third-order valence-electron chi connectivity index (χ3n) is 3.68. The molecule has 1 unspecified atom stereocenters. The molecule has 2 nitrogen and oxygen atoms in total. The van der Waals surface area contributed by atoms with E-state index in [1.165, 1.54) is 5.56 Å². The van der Waals surface area contributed by atoms with Crippen molar-refractivity contribution in [3.63, 3.8) is 0 Å². The molecule has 4 heteroatoms. The van der Waals surface area contributed by atoms with E-state index in [2.05, 4.69) is 6.07 Å². The lowest BCUT2D eigenvalue weighted by atomic mass is 10.0. The van der Waals surface area contributed by atoms with Crippen molar-refractivity contribution < 1.29 is 9.22 Å². The maximum atomic E-state index is 13.7. The number of benzene rings is 2. The molecule has 1 aliphatic rings. The van der Waals surface area contributed by atoms with Crippen LogP contribution < -0.4 is 0 Å². The molecule has 0 radical (unpaired) electrons. The van der Waals surface area contributed by atoms with Crippen LogP contribution in [-0.4, -0.2) is 18.2 Å². The highest BCUT2D eigenvalue weighted by molar-refractivity contribution is 5.85. The van der Waals surface area contributed by atoms with E-state index >= 15 is 0 Å². The monoisotopic (exact) mass is 307 g/mol. The van der Waals surface area contributed by atoms with Crippen LogP contribution in [0.5, 0.6) is 0 Å². The Morgan fingerprint density at radius 1 is 1.05 bits per heavy atom. The summed E-state index contributed by atoms with van der Waals surface area (Å²) in [6.07, 6.45) is 0.525. The summed E-state index contributed by atoms with van der Waals surface area (Å²) in [6.45, 7) is 1.24. The molecule has 0 saturated carbocycles. The van der Waals surface area contributed by atoms with E-state index < -0.39 is 0 Å². The predicted molar refractivity (Wildman–Crippen MR) is 84.0 cm³/mol. The smallest absolute Gasteiger partial charge is 0.0985 e. The summed E-state index contributed by atoms with van der Waals surface area (Å²) in [5, 5.41) is 0.857. The molecule has 3 rings (SSSR count). The Morgan fingerprint density at radius 3 is 2.57 bits per heavy atom. The fourth-order valence-electron chi connectivity index (χ4n) is 2.60. The van der Waals surface area contributed by atoms with Crippen molar-refractivity contribution in [2.75, 3.05) is 13.1 Å². The summed E-state index contributed by atoms with van der Waals surface area (Å²) < 4.78 is 19.7. The molecular weight excluding hydrogens is 289 g/mol. The van der Waals surface area contributed by atoms with Crippen LogP contribution in [0, 0.1) is 0 Å². The van der Waals surface area contributed by atoms with Crippen molar-refractivity contribution in [2.45, 2.75) is 19.1 Å². The first-order valence-corrected chi connectivity index (χ1v) is 6.97. The van der Waals surface area contributed by atoms with Crippen LogP contribution in [0.15, 0.2) is 54.6 Å². The maximum Gasteiger partial charge on any atom is 0.0985 e. The normalized spacial score (nSPS) is 18.4. The Bertz CT molecular complexity index is 564. The summed E-state index contributed by atoms with van der Waals surface area (Å²) >= 11 is 0. The molecule has 21 heavy (non-hydrogen) atoms. The first-order valence-electron chi connectivity index (χ1n) is 6.97. The van der Waals surface area contributed by atoms with Crippen molar-refractivity contribution in [3.05, 3.63) is 71.3 Å². The summed E-state index contributed by atoms with van der Waals surface area (Å²) in [7, 11) is 0. The average Bonchev–Trinajstić information content (AvgIpc) is 2.66. The first-order chi connectivity index (χ1) is 9.83. The second-order valence-corrected chi connectivity index (χ2v) is 5.10. The number of hydrogen-bond acceptors (Lipinski definition) is 2. The number of nitrogens with zero attached hydrogens (tertiary/aromatic N) is 1. The van der Waals surface area contributed by atoms with Gasteiger partial charge in [-0.1, -0.05) is 54.6 Å². The maximum absolute atomic E-state index is 13.7. The zero-order valence-corrected chi connectivity index (χ0v) is 12.6. The van der Waals surface area contributed by atoms with Crippen LogP contribution in [0.2, 0.25) is 0 Å². The van der Waals surface area contributed by atoms with E-state index in [0.717, 1.165) is 22.7 Å². The van der Waals surface area contributed by atoms with Crippen molar-refractivity contribution in [1.82, 2.24) is 5.12 Å². The molecule has 0 fully saturated rings. The van der Waals surface area contributed by atoms with Gasteiger partial charge in [0.2, 0.25) is 0 Å². The highest BCUT2D eigenvalue weighted by Gasteiger charge is 2.23. The van der Waals surface area contributed by atoms with Crippen LogP contribution in [0.1, 0.15) is 22.8 Å². The number of hydrogen-bond donors (Lipinski definition) is 0. The third-order valence-corrected chi connectivity index (χ3v) is 3.68. The van der Waals surface area contributed by atoms with E-state index in [-0.39, 0.29) is 18.5 Å². The van der Waals surface area contributed by atoms with Gasteiger partial charge in [0.25, 0.3) is 0 Å². The van der Waals surface area contributed by atoms with Gasteiger partial charge in [-0.3, -0.25) is 0 Å². The lowest BCUT2D eigenvalue weighted by Crippen LogP contribution is -2.21. The fraction of sp³-hybridized carbons (Fsp3) is 0.294. The Kier molecular flexibility index (Phi) is 5.74. The zero-order chi connectivity index (χ0) is 13.8. The molecule has 0 bridgehead atoms. The predicted octanol–water partition coefficient (Wildman–Crippen LogP) is 4.11. The van der Waals surface area contributed by atoms with Crippen molar-refractivity contribution in [3.8, 4) is 0 Å². The lowest BCUT2D eigenvalue weighted by molar-refractivity contribution is -0.0474. The van der Waals surface area contributed by atoms with Crippen molar-refractivity contribution in [1.29, 1.82) is 0 Å². The summed E-state index contributed by atoms with van der Waals surface area (Å²) in [5.41, 5.74) is 3.41. The molecule has 0 amide bonds. The van der Waals surface area contributed by atoms with Gasteiger partial charge in [0, 0.05) is 6.54 Å². The van der Waals surface area contributed by atoms with E-state index in [1.807, 2.05) is 48.5 Å². The van der Waals surface area contributed by atoms with Gasteiger partial charge in [-0.05, 0) is 23.1 Å². The number of halogens is 2. The molecule has 0 aliphatic carbocycles. The van der Waals surface area contributed by atoms with Crippen LogP contribution in [0.25, 0.3) is 0 Å². The Balaban J connectivity index is 0.00000161. The Labute approximate surface area is 130 Å². The average molecular weight is 308 g/mol. The van der Waals surface area contributed by atoms with Crippen molar-refractivity contribution in [2.24, 2.45) is 0 Å². The molecule has 0 spiro atoms. The summed E-state index contributed by atoms with van der Waals surface area (Å²) in [4.78, 5) is 0.